The van der Waals surface area contributed by atoms with E-state index in [2.05, 4.69) is 49.4 Å². The summed E-state index contributed by atoms with van der Waals surface area (Å²) in [6.45, 7) is 2.24. The lowest BCUT2D eigenvalue weighted by Gasteiger charge is -2.27. The van der Waals surface area contributed by atoms with Gasteiger partial charge in [0.05, 0.1) is 11.6 Å². The van der Waals surface area contributed by atoms with Crippen molar-refractivity contribution < 1.29 is 0 Å². The summed E-state index contributed by atoms with van der Waals surface area (Å²) >= 11 is 0. The van der Waals surface area contributed by atoms with Gasteiger partial charge in [0.15, 0.2) is 0 Å². The lowest BCUT2D eigenvalue weighted by molar-refractivity contribution is 0.375. The highest BCUT2D eigenvalue weighted by Gasteiger charge is 2.20. The zero-order chi connectivity index (χ0) is 17.5. The highest BCUT2D eigenvalue weighted by molar-refractivity contribution is 5.64. The minimum atomic E-state index is 0.713. The highest BCUT2D eigenvalue weighted by atomic mass is 14.3. The minimum Gasteiger partial charge on any atom is -0.192 e. The zero-order valence-electron chi connectivity index (χ0n) is 15.1. The predicted molar refractivity (Wildman–Crippen MR) is 105 cm³/mol. The number of rotatable bonds is 5. The molecule has 0 N–H and O–H groups in total. The van der Waals surface area contributed by atoms with E-state index in [-0.39, 0.29) is 0 Å². The summed E-state index contributed by atoms with van der Waals surface area (Å²) in [5.74, 6) is 1.51. The number of unbranched alkanes of at least 4 members (excludes halogenated alkanes) is 1. The van der Waals surface area contributed by atoms with Crippen LogP contribution in [0.1, 0.15) is 62.5 Å². The smallest absolute Gasteiger partial charge is 0.0991 e. The molecule has 0 atom stereocenters. The number of hydrogen-bond acceptors (Lipinski definition) is 1. The first-order chi connectivity index (χ1) is 12.3. The fourth-order valence-corrected chi connectivity index (χ4v) is 3.79. The lowest BCUT2D eigenvalue weighted by atomic mass is 9.78. The van der Waals surface area contributed by atoms with E-state index in [4.69, 9.17) is 5.26 Å². The number of nitriles is 1. The third-order valence-electron chi connectivity index (χ3n) is 5.36. The molecule has 0 aromatic heterocycles. The van der Waals surface area contributed by atoms with E-state index < -0.39 is 0 Å². The topological polar surface area (TPSA) is 23.8 Å². The Hall–Kier alpha value is -2.33. The number of hydrogen-bond donors (Lipinski definition) is 0. The van der Waals surface area contributed by atoms with Crippen LogP contribution in [0, 0.1) is 17.2 Å². The molecule has 0 unspecified atom stereocenters. The largest absolute Gasteiger partial charge is 0.192 e. The van der Waals surface area contributed by atoms with Crippen LogP contribution in [-0.4, -0.2) is 0 Å². The van der Waals surface area contributed by atoms with Gasteiger partial charge in [-0.3, -0.25) is 0 Å². The maximum absolute atomic E-state index is 8.90. The van der Waals surface area contributed by atoms with Gasteiger partial charge >= 0.3 is 0 Å². The van der Waals surface area contributed by atoms with Crippen molar-refractivity contribution in [3.63, 3.8) is 0 Å². The van der Waals surface area contributed by atoms with Gasteiger partial charge in [0, 0.05) is 0 Å². The van der Waals surface area contributed by atoms with Gasteiger partial charge in [0.25, 0.3) is 0 Å². The van der Waals surface area contributed by atoms with Crippen molar-refractivity contribution in [1.82, 2.24) is 0 Å². The highest BCUT2D eigenvalue weighted by Crippen LogP contribution is 2.37. The van der Waals surface area contributed by atoms with Crippen molar-refractivity contribution in [2.45, 2.75) is 51.4 Å². The standard InChI is InChI=1S/C24H27N/c1-2-3-4-5-19-6-10-21(11-7-19)23-14-16-24(17-15-23)22-12-8-20(18-25)9-13-22/h4-5,8-9,12-17,19,21H,2-3,6-7,10-11H2,1H3. The molecule has 25 heavy (non-hydrogen) atoms. The van der Waals surface area contributed by atoms with Gasteiger partial charge in [0.2, 0.25) is 0 Å². The SMILES string of the molecule is CCCC=CC1CCC(c2ccc(-c3ccc(C#N)cc3)cc2)CC1. The maximum Gasteiger partial charge on any atom is 0.0991 e. The van der Waals surface area contributed by atoms with E-state index in [1.54, 1.807) is 0 Å². The second-order valence-electron chi connectivity index (χ2n) is 7.14. The number of allylic oxidation sites excluding steroid dienone is 2. The van der Waals surface area contributed by atoms with Crippen LogP contribution in [-0.2, 0) is 0 Å². The molecule has 2 aromatic rings. The predicted octanol–water partition coefficient (Wildman–Crippen LogP) is 6.86. The van der Waals surface area contributed by atoms with Crippen LogP contribution in [0.25, 0.3) is 11.1 Å². The summed E-state index contributed by atoms with van der Waals surface area (Å²) in [6.07, 6.45) is 12.5. The minimum absolute atomic E-state index is 0.713. The van der Waals surface area contributed by atoms with Crippen molar-refractivity contribution in [3.8, 4) is 17.2 Å². The van der Waals surface area contributed by atoms with Crippen LogP contribution in [0.15, 0.2) is 60.7 Å². The molecular weight excluding hydrogens is 302 g/mol. The average Bonchev–Trinajstić information content (AvgIpc) is 2.69. The van der Waals surface area contributed by atoms with E-state index in [9.17, 15) is 0 Å². The molecule has 1 fully saturated rings. The van der Waals surface area contributed by atoms with E-state index in [0.29, 0.717) is 11.5 Å². The van der Waals surface area contributed by atoms with Crippen LogP contribution in [0.4, 0.5) is 0 Å². The summed E-state index contributed by atoms with van der Waals surface area (Å²) in [6, 6.07) is 19.0. The summed E-state index contributed by atoms with van der Waals surface area (Å²) in [4.78, 5) is 0. The molecule has 0 bridgehead atoms. The lowest BCUT2D eigenvalue weighted by Crippen LogP contribution is -2.11. The second-order valence-corrected chi connectivity index (χ2v) is 7.14. The molecule has 1 aliphatic carbocycles. The molecule has 1 nitrogen and oxygen atoms in total. The molecule has 0 radical (unpaired) electrons. The van der Waals surface area contributed by atoms with Gasteiger partial charge in [0.1, 0.15) is 0 Å². The Kier molecular flexibility index (Phi) is 6.07. The van der Waals surface area contributed by atoms with E-state index >= 15 is 0 Å². The van der Waals surface area contributed by atoms with Crippen LogP contribution in [0.5, 0.6) is 0 Å². The van der Waals surface area contributed by atoms with E-state index in [1.165, 1.54) is 55.2 Å². The molecule has 0 spiro atoms. The van der Waals surface area contributed by atoms with Gasteiger partial charge in [-0.05, 0) is 72.8 Å². The van der Waals surface area contributed by atoms with Crippen molar-refractivity contribution >= 4 is 0 Å². The first-order valence-electron chi connectivity index (χ1n) is 9.57. The van der Waals surface area contributed by atoms with Crippen LogP contribution >= 0.6 is 0 Å². The van der Waals surface area contributed by atoms with Crippen molar-refractivity contribution in [2.75, 3.05) is 0 Å². The van der Waals surface area contributed by atoms with Gasteiger partial charge in [-0.15, -0.1) is 0 Å². The summed E-state index contributed by atoms with van der Waals surface area (Å²) in [7, 11) is 0. The monoisotopic (exact) mass is 329 g/mol. The van der Waals surface area contributed by atoms with Crippen LogP contribution in [0.3, 0.4) is 0 Å². The molecule has 0 saturated heterocycles. The fourth-order valence-electron chi connectivity index (χ4n) is 3.79. The zero-order valence-corrected chi connectivity index (χ0v) is 15.1. The molecule has 0 aliphatic heterocycles. The molecule has 2 aromatic carbocycles. The molecular formula is C24H27N. The quantitative estimate of drug-likeness (QED) is 0.550. The van der Waals surface area contributed by atoms with Gasteiger partial charge in [-0.25, -0.2) is 0 Å². The van der Waals surface area contributed by atoms with Gasteiger partial charge in [-0.2, -0.15) is 5.26 Å². The third kappa shape index (κ3) is 4.60. The molecule has 1 aliphatic rings. The fraction of sp³-hybridized carbons (Fsp3) is 0.375. The van der Waals surface area contributed by atoms with Crippen LogP contribution < -0.4 is 0 Å². The Balaban J connectivity index is 1.60. The van der Waals surface area contributed by atoms with E-state index in [0.717, 1.165) is 5.92 Å². The molecule has 1 heteroatoms. The number of nitrogens with zero attached hydrogens (tertiary/aromatic N) is 1. The Morgan fingerprint density at radius 1 is 0.920 bits per heavy atom. The first kappa shape index (κ1) is 17.5. The van der Waals surface area contributed by atoms with Crippen molar-refractivity contribution in [3.05, 3.63) is 71.8 Å². The van der Waals surface area contributed by atoms with Gasteiger partial charge < -0.3 is 0 Å². The summed E-state index contributed by atoms with van der Waals surface area (Å²) in [5.41, 5.74) is 4.60. The molecule has 0 amide bonds. The normalized spacial score (nSPS) is 20.5. The van der Waals surface area contributed by atoms with Crippen molar-refractivity contribution in [2.24, 2.45) is 5.92 Å². The van der Waals surface area contributed by atoms with Gasteiger partial charge in [-0.1, -0.05) is 61.9 Å². The second kappa shape index (κ2) is 8.67. The van der Waals surface area contributed by atoms with Crippen LogP contribution in [0.2, 0.25) is 0 Å². The Morgan fingerprint density at radius 3 is 2.08 bits per heavy atom. The maximum atomic E-state index is 8.90. The first-order valence-corrected chi connectivity index (χ1v) is 9.57. The number of benzene rings is 2. The molecule has 0 heterocycles. The molecule has 3 rings (SSSR count). The van der Waals surface area contributed by atoms with Crippen molar-refractivity contribution in [1.29, 1.82) is 5.26 Å². The third-order valence-corrected chi connectivity index (χ3v) is 5.36. The summed E-state index contributed by atoms with van der Waals surface area (Å²) in [5, 5.41) is 8.90. The average molecular weight is 329 g/mol. The van der Waals surface area contributed by atoms with E-state index in [1.807, 2.05) is 24.3 Å². The molecule has 128 valence electrons. The summed E-state index contributed by atoms with van der Waals surface area (Å²) < 4.78 is 0. The Bertz CT molecular complexity index is 723. The Morgan fingerprint density at radius 2 is 1.52 bits per heavy atom. The Labute approximate surface area is 152 Å². The molecule has 1 saturated carbocycles.